The Labute approximate surface area is 165 Å². The normalized spacial score (nSPS) is 11.6. The van der Waals surface area contributed by atoms with Gasteiger partial charge in [-0.1, -0.05) is 0 Å². The number of alkyl halides is 3. The van der Waals surface area contributed by atoms with Crippen LogP contribution in [0, 0.1) is 0 Å². The Morgan fingerprint density at radius 3 is 2.07 bits per heavy atom. The summed E-state index contributed by atoms with van der Waals surface area (Å²) in [6.07, 6.45) is -3.66. The predicted molar refractivity (Wildman–Crippen MR) is 102 cm³/mol. The van der Waals surface area contributed by atoms with Crippen LogP contribution in [0.2, 0.25) is 0 Å². The van der Waals surface area contributed by atoms with Crippen LogP contribution >= 0.6 is 0 Å². The second kappa shape index (κ2) is 8.52. The number of rotatable bonds is 6. The van der Waals surface area contributed by atoms with Crippen LogP contribution in [0.15, 0.2) is 47.4 Å². The lowest BCUT2D eigenvalue weighted by Crippen LogP contribution is -2.23. The molecule has 2 aromatic rings. The van der Waals surface area contributed by atoms with Crippen LogP contribution < -0.4 is 16.0 Å². The topological polar surface area (TPSA) is 104 Å². The molecule has 2 rings (SSSR count). The van der Waals surface area contributed by atoms with E-state index in [0.717, 1.165) is 18.4 Å². The zero-order valence-corrected chi connectivity index (χ0v) is 16.2. The number of carbonyl (C=O) groups is 2. The summed E-state index contributed by atoms with van der Waals surface area (Å²) in [6.45, 7) is 0.711. The van der Waals surface area contributed by atoms with Gasteiger partial charge in [0.2, 0.25) is 11.8 Å². The van der Waals surface area contributed by atoms with Gasteiger partial charge in [0.1, 0.15) is 0 Å². The molecule has 0 aromatic heterocycles. The predicted octanol–water partition coefficient (Wildman–Crippen LogP) is 3.12. The van der Waals surface area contributed by atoms with Crippen molar-refractivity contribution in [2.24, 2.45) is 0 Å². The van der Waals surface area contributed by atoms with Gasteiger partial charge in [0, 0.05) is 30.2 Å². The Balaban J connectivity index is 2.08. The number of sulfone groups is 1. The minimum absolute atomic E-state index is 0.0224. The maximum atomic E-state index is 13.3. The summed E-state index contributed by atoms with van der Waals surface area (Å²) in [5.74, 6) is -1.14. The molecular weight excluding hydrogens is 411 g/mol. The summed E-state index contributed by atoms with van der Waals surface area (Å²) in [5, 5.41) is 7.14. The quantitative estimate of drug-likeness (QED) is 0.655. The van der Waals surface area contributed by atoms with Crippen molar-refractivity contribution in [1.29, 1.82) is 0 Å². The average molecular weight is 429 g/mol. The first kappa shape index (κ1) is 22.2. The molecule has 0 aliphatic carbocycles. The summed E-state index contributed by atoms with van der Waals surface area (Å²) in [4.78, 5) is 23.1. The molecule has 11 heteroatoms. The van der Waals surface area contributed by atoms with Gasteiger partial charge in [-0.2, -0.15) is 13.2 Å². The van der Waals surface area contributed by atoms with Crippen LogP contribution in [0.3, 0.4) is 0 Å². The number of benzene rings is 2. The summed E-state index contributed by atoms with van der Waals surface area (Å²) in [5.41, 5.74) is -1.09. The van der Waals surface area contributed by atoms with E-state index in [9.17, 15) is 31.2 Å². The Hall–Kier alpha value is -3.08. The minimum Gasteiger partial charge on any atom is -0.376 e. The third-order valence-corrected chi connectivity index (χ3v) is 4.78. The first-order chi connectivity index (χ1) is 13.4. The van der Waals surface area contributed by atoms with E-state index in [2.05, 4.69) is 16.0 Å². The SMILES string of the molecule is CC(=O)Nc1ccc(NCC(=O)Nc2ccc(S(C)(=O)=O)cc2)c(C(F)(F)F)c1. The highest BCUT2D eigenvalue weighted by molar-refractivity contribution is 7.90. The zero-order valence-electron chi connectivity index (χ0n) is 15.4. The molecule has 0 heterocycles. The van der Waals surface area contributed by atoms with Gasteiger partial charge in [-0.3, -0.25) is 9.59 Å². The molecule has 2 aromatic carbocycles. The Morgan fingerprint density at radius 2 is 1.55 bits per heavy atom. The van der Waals surface area contributed by atoms with Crippen LogP contribution in [0.1, 0.15) is 12.5 Å². The number of carbonyl (C=O) groups excluding carboxylic acids is 2. The van der Waals surface area contributed by atoms with Crippen molar-refractivity contribution < 1.29 is 31.2 Å². The third-order valence-electron chi connectivity index (χ3n) is 3.65. The number of halogens is 3. The molecule has 0 aliphatic rings. The van der Waals surface area contributed by atoms with Crippen molar-refractivity contribution in [3.05, 3.63) is 48.0 Å². The van der Waals surface area contributed by atoms with Gasteiger partial charge in [-0.15, -0.1) is 0 Å². The number of anilines is 3. The Kier molecular flexibility index (Phi) is 6.52. The van der Waals surface area contributed by atoms with Crippen LogP contribution in [-0.4, -0.2) is 33.0 Å². The second-order valence-corrected chi connectivity index (χ2v) is 8.15. The van der Waals surface area contributed by atoms with Crippen molar-refractivity contribution >= 4 is 38.7 Å². The lowest BCUT2D eigenvalue weighted by atomic mass is 10.1. The molecule has 2 amide bonds. The van der Waals surface area contributed by atoms with E-state index in [4.69, 9.17) is 0 Å². The van der Waals surface area contributed by atoms with Crippen molar-refractivity contribution in [2.75, 3.05) is 28.8 Å². The lowest BCUT2D eigenvalue weighted by molar-refractivity contribution is -0.137. The zero-order chi connectivity index (χ0) is 21.8. The fraction of sp³-hybridized carbons (Fsp3) is 0.222. The van der Waals surface area contributed by atoms with Crippen molar-refractivity contribution in [3.8, 4) is 0 Å². The first-order valence-corrected chi connectivity index (χ1v) is 10.1. The van der Waals surface area contributed by atoms with Crippen LogP contribution in [-0.2, 0) is 25.6 Å². The first-order valence-electron chi connectivity index (χ1n) is 8.19. The molecule has 7 nitrogen and oxygen atoms in total. The number of hydrogen-bond donors (Lipinski definition) is 3. The molecule has 156 valence electrons. The Bertz CT molecular complexity index is 1020. The van der Waals surface area contributed by atoms with Crippen LogP contribution in [0.25, 0.3) is 0 Å². The molecule has 0 saturated heterocycles. The monoisotopic (exact) mass is 429 g/mol. The molecule has 0 fully saturated rings. The van der Waals surface area contributed by atoms with Crippen molar-refractivity contribution in [1.82, 2.24) is 0 Å². The van der Waals surface area contributed by atoms with Crippen LogP contribution in [0.5, 0.6) is 0 Å². The van der Waals surface area contributed by atoms with E-state index in [1.807, 2.05) is 0 Å². The third kappa shape index (κ3) is 6.49. The number of hydrogen-bond acceptors (Lipinski definition) is 5. The molecular formula is C18H18F3N3O4S. The van der Waals surface area contributed by atoms with Gasteiger partial charge >= 0.3 is 6.18 Å². The molecule has 3 N–H and O–H groups in total. The smallest absolute Gasteiger partial charge is 0.376 e. The fourth-order valence-electron chi connectivity index (χ4n) is 2.38. The minimum atomic E-state index is -4.70. The van der Waals surface area contributed by atoms with Gasteiger partial charge in [-0.05, 0) is 42.5 Å². The van der Waals surface area contributed by atoms with E-state index in [-0.39, 0.29) is 16.3 Å². The molecule has 0 aliphatic heterocycles. The number of nitrogens with one attached hydrogen (secondary N) is 3. The summed E-state index contributed by atoms with van der Waals surface area (Å²) >= 11 is 0. The lowest BCUT2D eigenvalue weighted by Gasteiger charge is -2.16. The van der Waals surface area contributed by atoms with E-state index < -0.39 is 39.9 Å². The average Bonchev–Trinajstić information content (AvgIpc) is 2.59. The standard InChI is InChI=1S/C18H18F3N3O4S/c1-11(25)23-13-5-8-16(15(9-13)18(19,20)21)22-10-17(26)24-12-3-6-14(7-4-12)29(2,27)28/h3-9,22H,10H2,1-2H3,(H,23,25)(H,24,26). The van der Waals surface area contributed by atoms with E-state index in [0.29, 0.717) is 5.69 Å². The molecule has 29 heavy (non-hydrogen) atoms. The summed E-state index contributed by atoms with van der Waals surface area (Å²) in [6, 6.07) is 8.52. The summed E-state index contributed by atoms with van der Waals surface area (Å²) in [7, 11) is -3.38. The summed E-state index contributed by atoms with van der Waals surface area (Å²) < 4.78 is 62.6. The fourth-order valence-corrected chi connectivity index (χ4v) is 3.01. The van der Waals surface area contributed by atoms with Gasteiger partial charge in [-0.25, -0.2) is 8.42 Å². The molecule has 0 atom stereocenters. The highest BCUT2D eigenvalue weighted by atomic mass is 32.2. The van der Waals surface area contributed by atoms with Gasteiger partial charge < -0.3 is 16.0 Å². The number of amides is 2. The highest BCUT2D eigenvalue weighted by Crippen LogP contribution is 2.36. The Morgan fingerprint density at radius 1 is 0.966 bits per heavy atom. The molecule has 0 spiro atoms. The molecule has 0 radical (unpaired) electrons. The van der Waals surface area contributed by atoms with Crippen molar-refractivity contribution in [2.45, 2.75) is 18.0 Å². The maximum Gasteiger partial charge on any atom is 0.418 e. The van der Waals surface area contributed by atoms with Gasteiger partial charge in [0.25, 0.3) is 0 Å². The second-order valence-electron chi connectivity index (χ2n) is 6.14. The maximum absolute atomic E-state index is 13.3. The molecule has 0 bridgehead atoms. The van der Waals surface area contributed by atoms with Gasteiger partial charge in [0.05, 0.1) is 17.0 Å². The van der Waals surface area contributed by atoms with Crippen molar-refractivity contribution in [3.63, 3.8) is 0 Å². The molecule has 0 unspecified atom stereocenters. The van der Waals surface area contributed by atoms with E-state index >= 15 is 0 Å². The van der Waals surface area contributed by atoms with Crippen LogP contribution in [0.4, 0.5) is 30.2 Å². The van der Waals surface area contributed by atoms with E-state index in [1.54, 1.807) is 0 Å². The van der Waals surface area contributed by atoms with Gasteiger partial charge in [0.15, 0.2) is 9.84 Å². The highest BCUT2D eigenvalue weighted by Gasteiger charge is 2.34. The largest absolute Gasteiger partial charge is 0.418 e. The van der Waals surface area contributed by atoms with E-state index in [1.165, 1.54) is 37.3 Å². The molecule has 0 saturated carbocycles.